The fourth-order valence-corrected chi connectivity index (χ4v) is 2.68. The van der Waals surface area contributed by atoms with Crippen LogP contribution in [0.4, 0.5) is 11.5 Å². The maximum absolute atomic E-state index is 11.1. The molecule has 138 valence electrons. The van der Waals surface area contributed by atoms with Gasteiger partial charge in [0.05, 0.1) is 16.7 Å². The second-order valence-corrected chi connectivity index (χ2v) is 6.14. The molecule has 0 aliphatic rings. The van der Waals surface area contributed by atoms with E-state index < -0.39 is 4.92 Å². The Labute approximate surface area is 163 Å². The van der Waals surface area contributed by atoms with E-state index in [0.29, 0.717) is 27.9 Å². The maximum Gasteiger partial charge on any atom is 0.278 e. The van der Waals surface area contributed by atoms with Crippen molar-refractivity contribution in [2.45, 2.75) is 0 Å². The minimum Gasteiger partial charge on any atom is -0.260 e. The molecule has 2 heterocycles. The average Bonchev–Trinajstić information content (AvgIpc) is 3.12. The molecule has 10 heteroatoms. The number of hydrogen-bond donors (Lipinski definition) is 1. The fraction of sp³-hybridized carbons (Fsp3) is 0. The van der Waals surface area contributed by atoms with E-state index in [2.05, 4.69) is 25.8 Å². The van der Waals surface area contributed by atoms with Crippen LogP contribution in [0.25, 0.3) is 17.0 Å². The molecule has 2 aromatic heterocycles. The predicted molar refractivity (Wildman–Crippen MR) is 106 cm³/mol. The molecule has 0 aliphatic heterocycles. The number of hydrazone groups is 1. The van der Waals surface area contributed by atoms with Crippen molar-refractivity contribution in [3.63, 3.8) is 0 Å². The Bertz CT molecular complexity index is 1190. The van der Waals surface area contributed by atoms with Gasteiger partial charge in [0.1, 0.15) is 0 Å². The summed E-state index contributed by atoms with van der Waals surface area (Å²) in [6.45, 7) is 0. The summed E-state index contributed by atoms with van der Waals surface area (Å²) in [4.78, 5) is 10.6. The van der Waals surface area contributed by atoms with Gasteiger partial charge in [-0.1, -0.05) is 23.7 Å². The molecule has 0 atom stereocenters. The monoisotopic (exact) mass is 393 g/mol. The van der Waals surface area contributed by atoms with E-state index in [4.69, 9.17) is 11.6 Å². The van der Waals surface area contributed by atoms with Gasteiger partial charge in [0.15, 0.2) is 17.3 Å². The summed E-state index contributed by atoms with van der Waals surface area (Å²) in [5, 5.41) is 28.4. The van der Waals surface area contributed by atoms with Crippen molar-refractivity contribution < 1.29 is 4.92 Å². The molecule has 0 saturated carbocycles. The highest BCUT2D eigenvalue weighted by molar-refractivity contribution is 6.30. The molecule has 0 spiro atoms. The average molecular weight is 394 g/mol. The van der Waals surface area contributed by atoms with E-state index in [1.807, 2.05) is 12.1 Å². The summed E-state index contributed by atoms with van der Waals surface area (Å²) in [5.74, 6) is 0.982. The highest BCUT2D eigenvalue weighted by atomic mass is 35.5. The zero-order valence-corrected chi connectivity index (χ0v) is 15.0. The largest absolute Gasteiger partial charge is 0.278 e. The van der Waals surface area contributed by atoms with Crippen LogP contribution in [0.2, 0.25) is 5.02 Å². The number of fused-ring (bicyclic) bond motifs is 1. The molecule has 4 rings (SSSR count). The SMILES string of the molecule is O=[N+]([O-])c1ccccc1/C=N\Nc1ccc2nnc(-c3ccc(Cl)cc3)n2n1. The number of nitro groups is 1. The molecule has 0 amide bonds. The highest BCUT2D eigenvalue weighted by Gasteiger charge is 2.11. The second-order valence-electron chi connectivity index (χ2n) is 5.71. The first-order valence-electron chi connectivity index (χ1n) is 8.13. The molecule has 2 aromatic carbocycles. The highest BCUT2D eigenvalue weighted by Crippen LogP contribution is 2.21. The predicted octanol–water partition coefficient (Wildman–Crippen LogP) is 3.80. The van der Waals surface area contributed by atoms with Crippen molar-refractivity contribution in [2.75, 3.05) is 5.43 Å². The first-order valence-corrected chi connectivity index (χ1v) is 8.50. The van der Waals surface area contributed by atoms with Crippen LogP contribution in [-0.2, 0) is 0 Å². The number of nitrogens with zero attached hydrogens (tertiary/aromatic N) is 6. The van der Waals surface area contributed by atoms with Gasteiger partial charge in [0.2, 0.25) is 0 Å². The Morgan fingerprint density at radius 3 is 2.64 bits per heavy atom. The molecular weight excluding hydrogens is 382 g/mol. The third-order valence-electron chi connectivity index (χ3n) is 3.88. The Morgan fingerprint density at radius 2 is 1.86 bits per heavy atom. The van der Waals surface area contributed by atoms with Gasteiger partial charge in [-0.15, -0.1) is 15.3 Å². The zero-order valence-electron chi connectivity index (χ0n) is 14.2. The fourth-order valence-electron chi connectivity index (χ4n) is 2.56. The molecule has 0 bridgehead atoms. The van der Waals surface area contributed by atoms with Crippen LogP contribution in [0.3, 0.4) is 0 Å². The molecule has 1 N–H and O–H groups in total. The van der Waals surface area contributed by atoms with Gasteiger partial charge in [-0.05, 0) is 42.5 Å². The number of benzene rings is 2. The summed E-state index contributed by atoms with van der Waals surface area (Å²) in [5.41, 5.74) is 4.50. The normalized spacial score (nSPS) is 11.2. The first kappa shape index (κ1) is 17.6. The van der Waals surface area contributed by atoms with Crippen LogP contribution >= 0.6 is 11.6 Å². The van der Waals surface area contributed by atoms with E-state index in [9.17, 15) is 10.1 Å². The van der Waals surface area contributed by atoms with Crippen molar-refractivity contribution in [1.29, 1.82) is 0 Å². The molecule has 0 radical (unpaired) electrons. The summed E-state index contributed by atoms with van der Waals surface area (Å²) in [6.07, 6.45) is 1.37. The van der Waals surface area contributed by atoms with E-state index in [1.54, 1.807) is 47.0 Å². The van der Waals surface area contributed by atoms with Gasteiger partial charge in [-0.25, -0.2) is 0 Å². The number of rotatable bonds is 5. The van der Waals surface area contributed by atoms with Gasteiger partial charge in [0.25, 0.3) is 5.69 Å². The number of nitro benzene ring substituents is 1. The standard InChI is InChI=1S/C18H12ClN7O2/c19-14-7-5-12(6-8-14)18-23-22-17-10-9-16(24-25(17)18)21-20-11-13-3-1-2-4-15(13)26(27)28/h1-11H,(H,21,24)/b20-11-. The topological polar surface area (TPSA) is 111 Å². The second kappa shape index (κ2) is 7.41. The van der Waals surface area contributed by atoms with E-state index in [1.165, 1.54) is 12.3 Å². The Kier molecular flexibility index (Phi) is 4.65. The Hall–Kier alpha value is -3.85. The van der Waals surface area contributed by atoms with Gasteiger partial charge in [-0.3, -0.25) is 15.5 Å². The third-order valence-corrected chi connectivity index (χ3v) is 4.13. The van der Waals surface area contributed by atoms with Crippen LogP contribution < -0.4 is 5.43 Å². The molecule has 0 unspecified atom stereocenters. The minimum absolute atomic E-state index is 0.0275. The van der Waals surface area contributed by atoms with Gasteiger partial charge < -0.3 is 0 Å². The number of halogens is 1. The molecule has 4 aromatic rings. The van der Waals surface area contributed by atoms with Crippen LogP contribution in [0.15, 0.2) is 65.8 Å². The summed E-state index contributed by atoms with van der Waals surface area (Å²) < 4.78 is 1.58. The van der Waals surface area contributed by atoms with Crippen LogP contribution in [-0.4, -0.2) is 30.9 Å². The molecule has 28 heavy (non-hydrogen) atoms. The number of hydrogen-bond acceptors (Lipinski definition) is 7. The van der Waals surface area contributed by atoms with Crippen molar-refractivity contribution in [3.8, 4) is 11.4 Å². The van der Waals surface area contributed by atoms with E-state index in [-0.39, 0.29) is 5.69 Å². The minimum atomic E-state index is -0.457. The van der Waals surface area contributed by atoms with Crippen molar-refractivity contribution in [3.05, 3.63) is 81.4 Å². The van der Waals surface area contributed by atoms with Crippen LogP contribution in [0, 0.1) is 10.1 Å². The molecule has 9 nitrogen and oxygen atoms in total. The Morgan fingerprint density at radius 1 is 1.07 bits per heavy atom. The van der Waals surface area contributed by atoms with Gasteiger partial charge >= 0.3 is 0 Å². The molecule has 0 saturated heterocycles. The lowest BCUT2D eigenvalue weighted by molar-refractivity contribution is -0.385. The lowest BCUT2D eigenvalue weighted by atomic mass is 10.2. The Balaban J connectivity index is 1.61. The van der Waals surface area contributed by atoms with Crippen LogP contribution in [0.1, 0.15) is 5.56 Å². The zero-order chi connectivity index (χ0) is 19.5. The molecule has 0 aliphatic carbocycles. The van der Waals surface area contributed by atoms with Gasteiger partial charge in [0, 0.05) is 16.7 Å². The first-order chi connectivity index (χ1) is 13.6. The van der Waals surface area contributed by atoms with E-state index >= 15 is 0 Å². The van der Waals surface area contributed by atoms with Crippen molar-refractivity contribution in [1.82, 2.24) is 19.8 Å². The smallest absolute Gasteiger partial charge is 0.260 e. The van der Waals surface area contributed by atoms with E-state index in [0.717, 1.165) is 5.56 Å². The number of anilines is 1. The third kappa shape index (κ3) is 3.51. The van der Waals surface area contributed by atoms with Gasteiger partial charge in [-0.2, -0.15) is 9.62 Å². The summed E-state index contributed by atoms with van der Waals surface area (Å²) >= 11 is 5.93. The molecule has 0 fully saturated rings. The van der Waals surface area contributed by atoms with Crippen LogP contribution in [0.5, 0.6) is 0 Å². The van der Waals surface area contributed by atoms with Crippen molar-refractivity contribution >= 4 is 35.0 Å². The lowest BCUT2D eigenvalue weighted by Crippen LogP contribution is -2.01. The maximum atomic E-state index is 11.1. The number of aromatic nitrogens is 4. The number of nitrogens with one attached hydrogen (secondary N) is 1. The van der Waals surface area contributed by atoms with Crippen molar-refractivity contribution in [2.24, 2.45) is 5.10 Å². The quantitative estimate of drug-likeness (QED) is 0.313. The molecular formula is C18H12ClN7O2. The summed E-state index contributed by atoms with van der Waals surface area (Å²) in [6, 6.07) is 16.9. The number of para-hydroxylation sites is 1. The lowest BCUT2D eigenvalue weighted by Gasteiger charge is -2.03. The summed E-state index contributed by atoms with van der Waals surface area (Å²) in [7, 11) is 0.